The summed E-state index contributed by atoms with van der Waals surface area (Å²) in [6.07, 6.45) is 3.81. The molecule has 1 fully saturated rings. The standard InChI is InChI=1S/C9H19NO2/c11-7-9-12-8-3-6-10-4-1-2-5-10/h11H,1-9H2. The first-order valence-electron chi connectivity index (χ1n) is 4.84. The van der Waals surface area contributed by atoms with Gasteiger partial charge in [0.2, 0.25) is 0 Å². The largest absolute Gasteiger partial charge is 0.394 e. The highest BCUT2D eigenvalue weighted by Crippen LogP contribution is 2.06. The van der Waals surface area contributed by atoms with Crippen molar-refractivity contribution in [3.8, 4) is 0 Å². The minimum Gasteiger partial charge on any atom is -0.394 e. The molecule has 0 aromatic rings. The van der Waals surface area contributed by atoms with E-state index in [-0.39, 0.29) is 6.61 Å². The van der Waals surface area contributed by atoms with Gasteiger partial charge < -0.3 is 14.7 Å². The lowest BCUT2D eigenvalue weighted by molar-refractivity contribution is 0.0861. The maximum Gasteiger partial charge on any atom is 0.0697 e. The molecule has 1 N–H and O–H groups in total. The first-order valence-corrected chi connectivity index (χ1v) is 4.84. The van der Waals surface area contributed by atoms with Gasteiger partial charge in [-0.25, -0.2) is 0 Å². The van der Waals surface area contributed by atoms with Gasteiger partial charge in [0, 0.05) is 13.2 Å². The van der Waals surface area contributed by atoms with Crippen molar-refractivity contribution in [1.29, 1.82) is 0 Å². The SMILES string of the molecule is OCCOCCCN1CCCC1. The Labute approximate surface area is 74.3 Å². The summed E-state index contributed by atoms with van der Waals surface area (Å²) in [5.41, 5.74) is 0. The van der Waals surface area contributed by atoms with Gasteiger partial charge in [0.1, 0.15) is 0 Å². The van der Waals surface area contributed by atoms with Gasteiger partial charge in [0.15, 0.2) is 0 Å². The van der Waals surface area contributed by atoms with E-state index in [2.05, 4.69) is 4.90 Å². The van der Waals surface area contributed by atoms with Crippen LogP contribution in [0.4, 0.5) is 0 Å². The van der Waals surface area contributed by atoms with E-state index in [9.17, 15) is 0 Å². The second-order valence-corrected chi connectivity index (χ2v) is 3.24. The average molecular weight is 173 g/mol. The van der Waals surface area contributed by atoms with Crippen molar-refractivity contribution in [2.24, 2.45) is 0 Å². The summed E-state index contributed by atoms with van der Waals surface area (Å²) in [6.45, 7) is 5.10. The molecule has 0 aromatic carbocycles. The van der Waals surface area contributed by atoms with E-state index in [1.165, 1.54) is 25.9 Å². The summed E-state index contributed by atoms with van der Waals surface area (Å²) in [7, 11) is 0. The van der Waals surface area contributed by atoms with Gasteiger partial charge in [0.05, 0.1) is 13.2 Å². The van der Waals surface area contributed by atoms with Crippen molar-refractivity contribution in [1.82, 2.24) is 4.90 Å². The fraction of sp³-hybridized carbons (Fsp3) is 1.00. The van der Waals surface area contributed by atoms with Crippen LogP contribution in [-0.2, 0) is 4.74 Å². The van der Waals surface area contributed by atoms with Gasteiger partial charge >= 0.3 is 0 Å². The quantitative estimate of drug-likeness (QED) is 0.593. The summed E-state index contributed by atoms with van der Waals surface area (Å²) >= 11 is 0. The van der Waals surface area contributed by atoms with Crippen LogP contribution < -0.4 is 0 Å². The van der Waals surface area contributed by atoms with Gasteiger partial charge in [-0.2, -0.15) is 0 Å². The third-order valence-electron chi connectivity index (χ3n) is 2.20. The molecule has 0 radical (unpaired) electrons. The first-order chi connectivity index (χ1) is 5.93. The fourth-order valence-corrected chi connectivity index (χ4v) is 1.56. The molecule has 3 heteroatoms. The molecular weight excluding hydrogens is 154 g/mol. The number of hydrogen-bond donors (Lipinski definition) is 1. The third kappa shape index (κ3) is 4.04. The van der Waals surface area contributed by atoms with Crippen molar-refractivity contribution in [2.45, 2.75) is 19.3 Å². The van der Waals surface area contributed by atoms with E-state index in [0.29, 0.717) is 6.61 Å². The molecular formula is C9H19NO2. The third-order valence-corrected chi connectivity index (χ3v) is 2.20. The normalized spacial score (nSPS) is 18.8. The Bertz CT molecular complexity index is 103. The van der Waals surface area contributed by atoms with Gasteiger partial charge in [0.25, 0.3) is 0 Å². The Morgan fingerprint density at radius 2 is 1.92 bits per heavy atom. The van der Waals surface area contributed by atoms with Crippen molar-refractivity contribution >= 4 is 0 Å². The number of hydrogen-bond acceptors (Lipinski definition) is 3. The molecule has 12 heavy (non-hydrogen) atoms. The molecule has 0 unspecified atom stereocenters. The van der Waals surface area contributed by atoms with Crippen molar-refractivity contribution in [2.75, 3.05) is 39.5 Å². The average Bonchev–Trinajstić information content (AvgIpc) is 2.57. The lowest BCUT2D eigenvalue weighted by atomic mass is 10.4. The van der Waals surface area contributed by atoms with E-state index in [1.54, 1.807) is 0 Å². The Balaban J connectivity index is 1.81. The van der Waals surface area contributed by atoms with Crippen LogP contribution in [0, 0.1) is 0 Å². The van der Waals surface area contributed by atoms with Gasteiger partial charge in [-0.15, -0.1) is 0 Å². The summed E-state index contributed by atoms with van der Waals surface area (Å²) in [6, 6.07) is 0. The number of likely N-dealkylation sites (tertiary alicyclic amines) is 1. The molecule has 0 bridgehead atoms. The molecule has 1 saturated heterocycles. The molecule has 3 nitrogen and oxygen atoms in total. The minimum atomic E-state index is 0.143. The molecule has 0 aliphatic carbocycles. The Kier molecular flexibility index (Phi) is 5.32. The van der Waals surface area contributed by atoms with Gasteiger partial charge in [-0.05, 0) is 32.4 Å². The molecule has 1 rings (SSSR count). The predicted molar refractivity (Wildman–Crippen MR) is 48.2 cm³/mol. The highest BCUT2D eigenvalue weighted by Gasteiger charge is 2.09. The molecule has 0 saturated carbocycles. The van der Waals surface area contributed by atoms with E-state index in [4.69, 9.17) is 9.84 Å². The molecule has 0 atom stereocenters. The first kappa shape index (κ1) is 9.96. The zero-order valence-electron chi connectivity index (χ0n) is 7.67. The van der Waals surface area contributed by atoms with E-state index >= 15 is 0 Å². The Hall–Kier alpha value is -0.120. The summed E-state index contributed by atoms with van der Waals surface area (Å²) in [5.74, 6) is 0. The van der Waals surface area contributed by atoms with Crippen LogP contribution >= 0.6 is 0 Å². The van der Waals surface area contributed by atoms with Crippen LogP contribution in [0.3, 0.4) is 0 Å². The lowest BCUT2D eigenvalue weighted by Crippen LogP contribution is -2.21. The van der Waals surface area contributed by atoms with Crippen LogP contribution in [0.1, 0.15) is 19.3 Å². The topological polar surface area (TPSA) is 32.7 Å². The van der Waals surface area contributed by atoms with E-state index < -0.39 is 0 Å². The number of rotatable bonds is 6. The van der Waals surface area contributed by atoms with Crippen LogP contribution in [0.5, 0.6) is 0 Å². The van der Waals surface area contributed by atoms with E-state index in [1.807, 2.05) is 0 Å². The number of aliphatic hydroxyl groups excluding tert-OH is 1. The van der Waals surface area contributed by atoms with Gasteiger partial charge in [-0.3, -0.25) is 0 Å². The van der Waals surface area contributed by atoms with Crippen LogP contribution in [0.15, 0.2) is 0 Å². The van der Waals surface area contributed by atoms with Crippen molar-refractivity contribution in [3.63, 3.8) is 0 Å². The van der Waals surface area contributed by atoms with Gasteiger partial charge in [-0.1, -0.05) is 0 Å². The molecule has 0 aromatic heterocycles. The molecule has 0 amide bonds. The fourth-order valence-electron chi connectivity index (χ4n) is 1.56. The highest BCUT2D eigenvalue weighted by molar-refractivity contribution is 4.65. The van der Waals surface area contributed by atoms with Crippen LogP contribution in [0.2, 0.25) is 0 Å². The number of aliphatic hydroxyl groups is 1. The lowest BCUT2D eigenvalue weighted by Gasteiger charge is -2.13. The smallest absolute Gasteiger partial charge is 0.0697 e. The molecule has 1 aliphatic rings. The summed E-state index contributed by atoms with van der Waals surface area (Å²) in [4.78, 5) is 2.47. The second-order valence-electron chi connectivity index (χ2n) is 3.24. The predicted octanol–water partition coefficient (Wildman–Crippen LogP) is 0.481. The molecule has 0 spiro atoms. The van der Waals surface area contributed by atoms with Crippen molar-refractivity contribution < 1.29 is 9.84 Å². The number of nitrogens with zero attached hydrogens (tertiary/aromatic N) is 1. The molecule has 1 heterocycles. The number of ether oxygens (including phenoxy) is 1. The maximum atomic E-state index is 8.44. The molecule has 1 aliphatic heterocycles. The second kappa shape index (κ2) is 6.40. The zero-order chi connectivity index (χ0) is 8.65. The summed E-state index contributed by atoms with van der Waals surface area (Å²) < 4.78 is 5.17. The highest BCUT2D eigenvalue weighted by atomic mass is 16.5. The molecule has 72 valence electrons. The Morgan fingerprint density at radius 3 is 2.58 bits per heavy atom. The maximum absolute atomic E-state index is 8.44. The minimum absolute atomic E-state index is 0.143. The zero-order valence-corrected chi connectivity index (χ0v) is 7.67. The van der Waals surface area contributed by atoms with Crippen molar-refractivity contribution in [3.05, 3.63) is 0 Å². The Morgan fingerprint density at radius 1 is 1.17 bits per heavy atom. The van der Waals surface area contributed by atoms with Crippen LogP contribution in [-0.4, -0.2) is 49.5 Å². The van der Waals surface area contributed by atoms with E-state index in [0.717, 1.165) is 19.6 Å². The van der Waals surface area contributed by atoms with Crippen LogP contribution in [0.25, 0.3) is 0 Å². The summed E-state index contributed by atoms with van der Waals surface area (Å²) in [5, 5.41) is 8.44. The monoisotopic (exact) mass is 173 g/mol.